The molecule has 2 N–H and O–H groups in total. The van der Waals surface area contributed by atoms with E-state index < -0.39 is 0 Å². The van der Waals surface area contributed by atoms with Crippen LogP contribution in [0.25, 0.3) is 0 Å². The van der Waals surface area contributed by atoms with E-state index in [1.807, 2.05) is 18.2 Å². The third-order valence-electron chi connectivity index (χ3n) is 2.32. The van der Waals surface area contributed by atoms with Gasteiger partial charge in [-0.25, -0.2) is 9.97 Å². The lowest BCUT2D eigenvalue weighted by atomic mass is 10.3. The minimum absolute atomic E-state index is 0.244. The normalized spacial score (nSPS) is 12.5. The summed E-state index contributed by atoms with van der Waals surface area (Å²) < 4.78 is 5.11. The Morgan fingerprint density at radius 1 is 1.56 bits per heavy atom. The maximum absolute atomic E-state index is 5.72. The Kier molecular flexibility index (Phi) is 4.82. The van der Waals surface area contributed by atoms with E-state index in [-0.39, 0.29) is 6.04 Å². The van der Waals surface area contributed by atoms with E-state index in [9.17, 15) is 0 Å². The van der Waals surface area contributed by atoms with Crippen LogP contribution < -0.4 is 10.6 Å². The van der Waals surface area contributed by atoms with Crippen LogP contribution in [0.2, 0.25) is 0 Å². The van der Waals surface area contributed by atoms with Gasteiger partial charge in [-0.2, -0.15) is 0 Å². The Labute approximate surface area is 100 Å². The molecule has 0 aliphatic carbocycles. The number of anilines is 2. The summed E-state index contributed by atoms with van der Waals surface area (Å²) in [5.74, 6) is 1.31. The van der Waals surface area contributed by atoms with Gasteiger partial charge < -0.3 is 15.4 Å². The van der Waals surface area contributed by atoms with Gasteiger partial charge in [-0.05, 0) is 13.2 Å². The van der Waals surface area contributed by atoms with Crippen molar-refractivity contribution in [2.45, 2.75) is 18.1 Å². The van der Waals surface area contributed by atoms with E-state index in [2.05, 4.69) is 16.9 Å². The molecule has 0 aliphatic rings. The highest BCUT2D eigenvalue weighted by Gasteiger charge is 2.12. The highest BCUT2D eigenvalue weighted by molar-refractivity contribution is 7.98. The number of likely N-dealkylation sites (N-methyl/N-ethyl adjacent to an activating group) is 1. The number of methoxy groups -OCH3 is 1. The third kappa shape index (κ3) is 3.24. The minimum Gasteiger partial charge on any atom is -0.383 e. The molecule has 0 saturated heterocycles. The van der Waals surface area contributed by atoms with Crippen LogP contribution in [0.5, 0.6) is 0 Å². The van der Waals surface area contributed by atoms with E-state index in [1.165, 1.54) is 11.8 Å². The van der Waals surface area contributed by atoms with Crippen LogP contribution in [0.4, 0.5) is 11.6 Å². The molecule has 16 heavy (non-hydrogen) atoms. The molecule has 0 aliphatic heterocycles. The van der Waals surface area contributed by atoms with Crippen molar-refractivity contribution < 1.29 is 4.74 Å². The second-order valence-corrected chi connectivity index (χ2v) is 4.33. The Bertz CT molecular complexity index is 348. The van der Waals surface area contributed by atoms with Gasteiger partial charge >= 0.3 is 0 Å². The summed E-state index contributed by atoms with van der Waals surface area (Å²) in [4.78, 5) is 10.5. The second-order valence-electron chi connectivity index (χ2n) is 3.55. The highest BCUT2D eigenvalue weighted by Crippen LogP contribution is 2.19. The Balaban J connectivity index is 2.89. The van der Waals surface area contributed by atoms with Gasteiger partial charge in [0.15, 0.2) is 5.16 Å². The van der Waals surface area contributed by atoms with Gasteiger partial charge in [0, 0.05) is 20.2 Å². The molecule has 6 heteroatoms. The molecular formula is C10H18N4OS. The predicted molar refractivity (Wildman–Crippen MR) is 68.0 cm³/mol. The molecule has 0 bridgehead atoms. The van der Waals surface area contributed by atoms with E-state index in [0.717, 1.165) is 5.82 Å². The van der Waals surface area contributed by atoms with E-state index in [4.69, 9.17) is 10.5 Å². The fraction of sp³-hybridized carbons (Fsp3) is 0.600. The lowest BCUT2D eigenvalue weighted by molar-refractivity contribution is 0.183. The molecule has 1 heterocycles. The predicted octanol–water partition coefficient (Wildman–Crippen LogP) is 1.25. The van der Waals surface area contributed by atoms with Crippen LogP contribution in [-0.2, 0) is 4.74 Å². The molecular weight excluding hydrogens is 224 g/mol. The zero-order valence-electron chi connectivity index (χ0n) is 10.1. The van der Waals surface area contributed by atoms with Crippen molar-refractivity contribution in [1.82, 2.24) is 9.97 Å². The first-order valence-corrected chi connectivity index (χ1v) is 6.21. The zero-order valence-corrected chi connectivity index (χ0v) is 10.9. The van der Waals surface area contributed by atoms with Crippen LogP contribution in [0.3, 0.4) is 0 Å². The molecule has 0 fully saturated rings. The van der Waals surface area contributed by atoms with Crippen molar-refractivity contribution in [1.29, 1.82) is 0 Å². The maximum Gasteiger partial charge on any atom is 0.191 e. The van der Waals surface area contributed by atoms with E-state index in [0.29, 0.717) is 17.6 Å². The molecule has 0 aromatic carbocycles. The standard InChI is InChI=1S/C10H18N4OS/c1-7(6-15-3)14(2)9-5-8(11)12-10(13-9)16-4/h5,7H,6H2,1-4H3,(H2,11,12,13). The number of nitrogens with two attached hydrogens (primary N) is 1. The monoisotopic (exact) mass is 242 g/mol. The molecule has 0 amide bonds. The number of rotatable bonds is 5. The molecule has 0 radical (unpaired) electrons. The molecule has 1 atom stereocenters. The molecule has 1 unspecified atom stereocenters. The molecule has 5 nitrogen and oxygen atoms in total. The number of nitrogen functional groups attached to an aromatic ring is 1. The van der Waals surface area contributed by atoms with Gasteiger partial charge in [0.2, 0.25) is 0 Å². The summed E-state index contributed by atoms with van der Waals surface area (Å²) in [5, 5.41) is 0.687. The van der Waals surface area contributed by atoms with Gasteiger partial charge in [-0.15, -0.1) is 0 Å². The van der Waals surface area contributed by atoms with Gasteiger partial charge in [0.1, 0.15) is 11.6 Å². The van der Waals surface area contributed by atoms with Crippen molar-refractivity contribution in [3.63, 3.8) is 0 Å². The smallest absolute Gasteiger partial charge is 0.191 e. The van der Waals surface area contributed by atoms with Crippen LogP contribution in [-0.4, -0.2) is 43.0 Å². The van der Waals surface area contributed by atoms with Crippen molar-refractivity contribution >= 4 is 23.4 Å². The number of nitrogens with zero attached hydrogens (tertiary/aromatic N) is 3. The number of aromatic nitrogens is 2. The van der Waals surface area contributed by atoms with Crippen molar-refractivity contribution in [2.24, 2.45) is 0 Å². The van der Waals surface area contributed by atoms with Crippen LogP contribution >= 0.6 is 11.8 Å². The summed E-state index contributed by atoms with van der Waals surface area (Å²) in [6.07, 6.45) is 1.93. The fourth-order valence-corrected chi connectivity index (χ4v) is 1.66. The fourth-order valence-electron chi connectivity index (χ4n) is 1.28. The highest BCUT2D eigenvalue weighted by atomic mass is 32.2. The van der Waals surface area contributed by atoms with Crippen molar-refractivity contribution in [3.05, 3.63) is 6.07 Å². The maximum atomic E-state index is 5.72. The molecule has 90 valence electrons. The number of hydrogen-bond acceptors (Lipinski definition) is 6. The van der Waals surface area contributed by atoms with Gasteiger partial charge in [0.25, 0.3) is 0 Å². The number of hydrogen-bond donors (Lipinski definition) is 1. The summed E-state index contributed by atoms with van der Waals surface area (Å²) in [7, 11) is 3.65. The first kappa shape index (κ1) is 13.1. The Morgan fingerprint density at radius 2 is 2.25 bits per heavy atom. The van der Waals surface area contributed by atoms with Gasteiger partial charge in [-0.1, -0.05) is 11.8 Å². The molecule has 1 aromatic rings. The summed E-state index contributed by atoms with van der Waals surface area (Å²) in [5.41, 5.74) is 5.72. The van der Waals surface area contributed by atoms with Crippen LogP contribution in [0.1, 0.15) is 6.92 Å². The minimum atomic E-state index is 0.244. The second kappa shape index (κ2) is 5.91. The van der Waals surface area contributed by atoms with E-state index >= 15 is 0 Å². The van der Waals surface area contributed by atoms with Crippen molar-refractivity contribution in [2.75, 3.05) is 37.7 Å². The van der Waals surface area contributed by atoms with Gasteiger partial charge in [-0.3, -0.25) is 0 Å². The summed E-state index contributed by atoms with van der Waals surface area (Å²) >= 11 is 1.48. The largest absolute Gasteiger partial charge is 0.383 e. The van der Waals surface area contributed by atoms with Crippen LogP contribution in [0.15, 0.2) is 11.2 Å². The zero-order chi connectivity index (χ0) is 12.1. The summed E-state index contributed by atoms with van der Waals surface area (Å²) in [6, 6.07) is 2.01. The Hall–Kier alpha value is -1.01. The first-order valence-electron chi connectivity index (χ1n) is 4.98. The van der Waals surface area contributed by atoms with Crippen molar-refractivity contribution in [3.8, 4) is 0 Å². The average Bonchev–Trinajstić information content (AvgIpc) is 2.27. The lowest BCUT2D eigenvalue weighted by Gasteiger charge is -2.25. The third-order valence-corrected chi connectivity index (χ3v) is 2.87. The van der Waals surface area contributed by atoms with E-state index in [1.54, 1.807) is 13.2 Å². The topological polar surface area (TPSA) is 64.3 Å². The molecule has 0 spiro atoms. The Morgan fingerprint density at radius 3 is 2.81 bits per heavy atom. The summed E-state index contributed by atoms with van der Waals surface area (Å²) in [6.45, 7) is 2.72. The molecule has 1 aromatic heterocycles. The SMILES string of the molecule is COCC(C)N(C)c1cc(N)nc(SC)n1. The van der Waals surface area contributed by atoms with Gasteiger partial charge in [0.05, 0.1) is 12.6 Å². The lowest BCUT2D eigenvalue weighted by Crippen LogP contribution is -2.33. The first-order chi connectivity index (χ1) is 7.58. The number of thioether (sulfide) groups is 1. The average molecular weight is 242 g/mol. The quantitative estimate of drug-likeness (QED) is 0.619. The molecule has 0 saturated carbocycles. The number of ether oxygens (including phenoxy) is 1. The van der Waals surface area contributed by atoms with Crippen LogP contribution in [0, 0.1) is 0 Å². The molecule has 1 rings (SSSR count).